The van der Waals surface area contributed by atoms with Gasteiger partial charge in [-0.15, -0.1) is 0 Å². The molecule has 3 nitrogen and oxygen atoms in total. The van der Waals surface area contributed by atoms with Crippen molar-refractivity contribution in [3.05, 3.63) is 59.4 Å². The molecule has 116 valence electrons. The molecule has 0 radical (unpaired) electrons. The number of anilines is 1. The molecule has 0 heterocycles. The summed E-state index contributed by atoms with van der Waals surface area (Å²) < 4.78 is 19.0. The molecular weight excluding hydrogens is 281 g/mol. The van der Waals surface area contributed by atoms with E-state index in [1.54, 1.807) is 12.1 Å². The fourth-order valence-corrected chi connectivity index (χ4v) is 2.12. The van der Waals surface area contributed by atoms with Crippen molar-refractivity contribution >= 4 is 11.6 Å². The average molecular weight is 301 g/mol. The minimum absolute atomic E-state index is 0.283. The quantitative estimate of drug-likeness (QED) is 0.897. The topological polar surface area (TPSA) is 38.3 Å². The first-order valence-corrected chi connectivity index (χ1v) is 7.30. The van der Waals surface area contributed by atoms with Crippen LogP contribution in [0.15, 0.2) is 42.5 Å². The van der Waals surface area contributed by atoms with Gasteiger partial charge in [-0.05, 0) is 55.7 Å². The van der Waals surface area contributed by atoms with Crippen LogP contribution in [0.3, 0.4) is 0 Å². The molecule has 2 aromatic rings. The molecule has 0 aromatic heterocycles. The zero-order chi connectivity index (χ0) is 16.1. The molecule has 0 saturated carbocycles. The molecule has 0 fully saturated rings. The Morgan fingerprint density at radius 3 is 2.64 bits per heavy atom. The number of rotatable bonds is 5. The third-order valence-electron chi connectivity index (χ3n) is 3.58. The maximum atomic E-state index is 13.2. The number of hydrogen-bond acceptors (Lipinski definition) is 2. The zero-order valence-corrected chi connectivity index (χ0v) is 13.0. The summed E-state index contributed by atoms with van der Waals surface area (Å²) in [6.07, 6.45) is -0.0992. The number of halogens is 1. The third kappa shape index (κ3) is 3.85. The predicted molar refractivity (Wildman–Crippen MR) is 85.7 cm³/mol. The molecule has 4 heteroatoms. The Hall–Kier alpha value is -2.36. The molecular formula is C18H20FNO2. The van der Waals surface area contributed by atoms with Gasteiger partial charge >= 0.3 is 0 Å². The van der Waals surface area contributed by atoms with Crippen LogP contribution in [0.4, 0.5) is 10.1 Å². The lowest BCUT2D eigenvalue weighted by Gasteiger charge is -2.19. The normalized spacial score (nSPS) is 11.8. The number of hydrogen-bond donors (Lipinski definition) is 1. The first kappa shape index (κ1) is 16.0. The molecule has 2 rings (SSSR count). The van der Waals surface area contributed by atoms with Crippen LogP contribution in [0.2, 0.25) is 0 Å². The Labute approximate surface area is 130 Å². The first-order valence-electron chi connectivity index (χ1n) is 7.30. The lowest BCUT2D eigenvalue weighted by atomic mass is 10.1. The summed E-state index contributed by atoms with van der Waals surface area (Å²) in [7, 11) is 0. The SMILES string of the molecule is CCC(Oc1cccc(C)c1C)C(=O)Nc1cccc(F)c1. The lowest BCUT2D eigenvalue weighted by Crippen LogP contribution is -2.32. The Balaban J connectivity index is 2.10. The van der Waals surface area contributed by atoms with Crippen LogP contribution in [-0.2, 0) is 4.79 Å². The first-order chi connectivity index (χ1) is 10.5. The number of ether oxygens (including phenoxy) is 1. The average Bonchev–Trinajstić information content (AvgIpc) is 2.48. The number of aryl methyl sites for hydroxylation is 1. The van der Waals surface area contributed by atoms with Crippen molar-refractivity contribution in [2.45, 2.75) is 33.3 Å². The van der Waals surface area contributed by atoms with Crippen molar-refractivity contribution in [3.8, 4) is 5.75 Å². The fraction of sp³-hybridized carbons (Fsp3) is 0.278. The summed E-state index contributed by atoms with van der Waals surface area (Å²) in [4.78, 5) is 12.3. The van der Waals surface area contributed by atoms with E-state index < -0.39 is 6.10 Å². The Morgan fingerprint density at radius 1 is 1.23 bits per heavy atom. The third-order valence-corrected chi connectivity index (χ3v) is 3.58. The van der Waals surface area contributed by atoms with E-state index in [1.165, 1.54) is 12.1 Å². The van der Waals surface area contributed by atoms with Crippen molar-refractivity contribution in [1.29, 1.82) is 0 Å². The minimum atomic E-state index is -0.622. The van der Waals surface area contributed by atoms with E-state index in [9.17, 15) is 9.18 Å². The largest absolute Gasteiger partial charge is 0.480 e. The highest BCUT2D eigenvalue weighted by Gasteiger charge is 2.19. The van der Waals surface area contributed by atoms with Crippen molar-refractivity contribution in [1.82, 2.24) is 0 Å². The zero-order valence-electron chi connectivity index (χ0n) is 13.0. The van der Waals surface area contributed by atoms with Crippen LogP contribution in [-0.4, -0.2) is 12.0 Å². The van der Waals surface area contributed by atoms with Crippen LogP contribution in [0.1, 0.15) is 24.5 Å². The number of carbonyl (C=O) groups is 1. The second-order valence-corrected chi connectivity index (χ2v) is 5.21. The van der Waals surface area contributed by atoms with Gasteiger partial charge in [-0.25, -0.2) is 4.39 Å². The van der Waals surface area contributed by atoms with Gasteiger partial charge in [0.1, 0.15) is 11.6 Å². The van der Waals surface area contributed by atoms with Crippen LogP contribution in [0, 0.1) is 19.7 Å². The van der Waals surface area contributed by atoms with Crippen molar-refractivity contribution in [2.75, 3.05) is 5.32 Å². The Bertz CT molecular complexity index is 670. The fourth-order valence-electron chi connectivity index (χ4n) is 2.12. The number of benzene rings is 2. The molecule has 1 atom stereocenters. The highest BCUT2D eigenvalue weighted by atomic mass is 19.1. The maximum absolute atomic E-state index is 13.2. The minimum Gasteiger partial charge on any atom is -0.480 e. The second-order valence-electron chi connectivity index (χ2n) is 5.21. The lowest BCUT2D eigenvalue weighted by molar-refractivity contribution is -0.122. The van der Waals surface area contributed by atoms with Crippen molar-refractivity contribution in [3.63, 3.8) is 0 Å². The molecule has 0 saturated heterocycles. The summed E-state index contributed by atoms with van der Waals surface area (Å²) >= 11 is 0. The molecule has 1 N–H and O–H groups in total. The van der Waals surface area contributed by atoms with Crippen LogP contribution in [0.25, 0.3) is 0 Å². The van der Waals surface area contributed by atoms with E-state index in [2.05, 4.69) is 5.32 Å². The highest BCUT2D eigenvalue weighted by Crippen LogP contribution is 2.23. The molecule has 1 unspecified atom stereocenters. The Morgan fingerprint density at radius 2 is 1.95 bits per heavy atom. The molecule has 2 aromatic carbocycles. The standard InChI is InChI=1S/C18H20FNO2/c1-4-16(22-17-10-5-7-12(2)13(17)3)18(21)20-15-9-6-8-14(19)11-15/h5-11,16H,4H2,1-3H3,(H,20,21). The van der Waals surface area contributed by atoms with Gasteiger partial charge in [0.2, 0.25) is 0 Å². The summed E-state index contributed by atoms with van der Waals surface area (Å²) in [5, 5.41) is 2.68. The van der Waals surface area contributed by atoms with Gasteiger partial charge in [0, 0.05) is 5.69 Å². The van der Waals surface area contributed by atoms with Gasteiger partial charge in [-0.1, -0.05) is 25.1 Å². The van der Waals surface area contributed by atoms with Crippen LogP contribution < -0.4 is 10.1 Å². The second kappa shape index (κ2) is 7.07. The molecule has 0 bridgehead atoms. The van der Waals surface area contributed by atoms with Crippen molar-refractivity contribution < 1.29 is 13.9 Å². The van der Waals surface area contributed by atoms with E-state index in [0.717, 1.165) is 11.1 Å². The van der Waals surface area contributed by atoms with Gasteiger partial charge in [0.25, 0.3) is 5.91 Å². The van der Waals surface area contributed by atoms with Gasteiger partial charge < -0.3 is 10.1 Å². The van der Waals surface area contributed by atoms with Gasteiger partial charge in [-0.2, -0.15) is 0 Å². The molecule has 22 heavy (non-hydrogen) atoms. The maximum Gasteiger partial charge on any atom is 0.265 e. The summed E-state index contributed by atoms with van der Waals surface area (Å²) in [5.74, 6) is 0.0246. The summed E-state index contributed by atoms with van der Waals surface area (Å²) in [6.45, 7) is 5.83. The van der Waals surface area contributed by atoms with Gasteiger partial charge in [0.15, 0.2) is 6.10 Å². The monoisotopic (exact) mass is 301 g/mol. The highest BCUT2D eigenvalue weighted by molar-refractivity contribution is 5.94. The smallest absolute Gasteiger partial charge is 0.265 e. The summed E-state index contributed by atoms with van der Waals surface area (Å²) in [6, 6.07) is 11.6. The van der Waals surface area contributed by atoms with Gasteiger partial charge in [-0.3, -0.25) is 4.79 Å². The molecule has 1 amide bonds. The summed E-state index contributed by atoms with van der Waals surface area (Å²) in [5.41, 5.74) is 2.55. The molecule has 0 aliphatic rings. The van der Waals surface area contributed by atoms with Gasteiger partial charge in [0.05, 0.1) is 0 Å². The molecule has 0 aliphatic heterocycles. The van der Waals surface area contributed by atoms with Crippen molar-refractivity contribution in [2.24, 2.45) is 0 Å². The van der Waals surface area contributed by atoms with Crippen LogP contribution in [0.5, 0.6) is 5.75 Å². The Kier molecular flexibility index (Phi) is 5.15. The molecule has 0 aliphatic carbocycles. The van der Waals surface area contributed by atoms with E-state index in [-0.39, 0.29) is 11.7 Å². The number of nitrogens with one attached hydrogen (secondary N) is 1. The van der Waals surface area contributed by atoms with E-state index in [1.807, 2.05) is 39.0 Å². The number of carbonyl (C=O) groups excluding carboxylic acids is 1. The van der Waals surface area contributed by atoms with E-state index in [0.29, 0.717) is 17.9 Å². The van der Waals surface area contributed by atoms with Crippen LogP contribution >= 0.6 is 0 Å². The predicted octanol–water partition coefficient (Wildman–Crippen LogP) is 4.24. The van der Waals surface area contributed by atoms with E-state index >= 15 is 0 Å². The number of amides is 1. The van der Waals surface area contributed by atoms with E-state index in [4.69, 9.17) is 4.74 Å². The molecule has 0 spiro atoms.